The minimum atomic E-state index is 0.905. The molecular formula is C18H34. The molecule has 2 rings (SSSR count). The van der Waals surface area contributed by atoms with E-state index < -0.39 is 0 Å². The molecule has 0 spiro atoms. The topological polar surface area (TPSA) is 0 Å². The minimum absolute atomic E-state index is 0.905. The lowest BCUT2D eigenvalue weighted by molar-refractivity contribution is 0.0178. The SMILES string of the molecule is CC(C)C1CC1C(C)C(C)C(C)C1CC(C)C1C. The summed E-state index contributed by atoms with van der Waals surface area (Å²) in [6.45, 7) is 17.3. The largest absolute Gasteiger partial charge is 0.0625 e. The minimum Gasteiger partial charge on any atom is -0.0625 e. The van der Waals surface area contributed by atoms with Crippen molar-refractivity contribution in [3.8, 4) is 0 Å². The highest BCUT2D eigenvalue weighted by Gasteiger charge is 2.47. The molecule has 2 saturated carbocycles. The first kappa shape index (κ1) is 14.4. The van der Waals surface area contributed by atoms with Crippen LogP contribution in [-0.4, -0.2) is 0 Å². The van der Waals surface area contributed by atoms with Crippen LogP contribution in [0.5, 0.6) is 0 Å². The molecule has 0 heterocycles. The molecule has 0 bridgehead atoms. The van der Waals surface area contributed by atoms with Crippen LogP contribution in [0.3, 0.4) is 0 Å². The highest BCUT2D eigenvalue weighted by atomic mass is 14.5. The van der Waals surface area contributed by atoms with Gasteiger partial charge >= 0.3 is 0 Å². The molecule has 106 valence electrons. The summed E-state index contributed by atoms with van der Waals surface area (Å²) >= 11 is 0. The molecule has 18 heavy (non-hydrogen) atoms. The molecule has 2 aliphatic carbocycles. The quantitative estimate of drug-likeness (QED) is 0.606. The zero-order chi connectivity index (χ0) is 13.6. The van der Waals surface area contributed by atoms with Crippen molar-refractivity contribution in [2.75, 3.05) is 0 Å². The maximum Gasteiger partial charge on any atom is -0.0352 e. The van der Waals surface area contributed by atoms with E-state index in [2.05, 4.69) is 48.5 Å². The van der Waals surface area contributed by atoms with Gasteiger partial charge in [-0.25, -0.2) is 0 Å². The van der Waals surface area contributed by atoms with E-state index in [0.717, 1.165) is 53.3 Å². The standard InChI is InChI=1S/C18H34/c1-10(2)16-9-18(16)15(7)13(5)14(6)17-8-11(3)12(17)4/h10-18H,8-9H2,1-7H3. The first-order valence-corrected chi connectivity index (χ1v) is 8.34. The van der Waals surface area contributed by atoms with E-state index >= 15 is 0 Å². The van der Waals surface area contributed by atoms with Crippen molar-refractivity contribution in [3.63, 3.8) is 0 Å². The lowest BCUT2D eigenvalue weighted by Gasteiger charge is -2.47. The highest BCUT2D eigenvalue weighted by molar-refractivity contribution is 4.96. The zero-order valence-electron chi connectivity index (χ0n) is 13.6. The molecule has 0 radical (unpaired) electrons. The summed E-state index contributed by atoms with van der Waals surface area (Å²) in [5, 5.41) is 0. The van der Waals surface area contributed by atoms with Gasteiger partial charge < -0.3 is 0 Å². The van der Waals surface area contributed by atoms with Gasteiger partial charge in [-0.05, 0) is 66.1 Å². The van der Waals surface area contributed by atoms with Crippen LogP contribution >= 0.6 is 0 Å². The van der Waals surface area contributed by atoms with Crippen LogP contribution in [0, 0.1) is 53.3 Å². The van der Waals surface area contributed by atoms with Crippen molar-refractivity contribution >= 4 is 0 Å². The highest BCUT2D eigenvalue weighted by Crippen LogP contribution is 2.54. The van der Waals surface area contributed by atoms with Gasteiger partial charge in [0.2, 0.25) is 0 Å². The van der Waals surface area contributed by atoms with Gasteiger partial charge in [-0.2, -0.15) is 0 Å². The third-order valence-corrected chi connectivity index (χ3v) is 6.97. The molecule has 0 heteroatoms. The average molecular weight is 250 g/mol. The van der Waals surface area contributed by atoms with Gasteiger partial charge in [0, 0.05) is 0 Å². The molecule has 2 aliphatic rings. The molecule has 0 aromatic carbocycles. The van der Waals surface area contributed by atoms with Gasteiger partial charge in [-0.15, -0.1) is 0 Å². The third kappa shape index (κ3) is 2.49. The predicted molar refractivity (Wildman–Crippen MR) is 80.4 cm³/mol. The number of hydrogen-bond donors (Lipinski definition) is 0. The van der Waals surface area contributed by atoms with Gasteiger partial charge in [-0.3, -0.25) is 0 Å². The van der Waals surface area contributed by atoms with Crippen molar-refractivity contribution in [2.45, 2.75) is 61.3 Å². The Bertz CT molecular complexity index is 280. The van der Waals surface area contributed by atoms with Gasteiger partial charge in [0.05, 0.1) is 0 Å². The Morgan fingerprint density at radius 3 is 1.67 bits per heavy atom. The van der Waals surface area contributed by atoms with Gasteiger partial charge in [-0.1, -0.05) is 48.5 Å². The maximum absolute atomic E-state index is 2.53. The first-order chi connectivity index (χ1) is 8.34. The fraction of sp³-hybridized carbons (Fsp3) is 1.00. The maximum atomic E-state index is 2.53. The van der Waals surface area contributed by atoms with Crippen LogP contribution in [-0.2, 0) is 0 Å². The molecule has 0 aliphatic heterocycles. The molecule has 0 aromatic heterocycles. The Morgan fingerprint density at radius 1 is 0.722 bits per heavy atom. The Morgan fingerprint density at radius 2 is 1.28 bits per heavy atom. The van der Waals surface area contributed by atoms with E-state index in [1.165, 1.54) is 12.8 Å². The van der Waals surface area contributed by atoms with E-state index in [4.69, 9.17) is 0 Å². The summed E-state index contributed by atoms with van der Waals surface area (Å²) < 4.78 is 0. The summed E-state index contributed by atoms with van der Waals surface area (Å²) in [5.41, 5.74) is 0. The molecule has 0 nitrogen and oxygen atoms in total. The normalized spacial score (nSPS) is 44.3. The lowest BCUT2D eigenvalue weighted by Crippen LogP contribution is -2.40. The summed E-state index contributed by atoms with van der Waals surface area (Å²) in [6, 6.07) is 0. The summed E-state index contributed by atoms with van der Waals surface area (Å²) in [5.74, 6) is 8.71. The molecular weight excluding hydrogens is 216 g/mol. The van der Waals surface area contributed by atoms with Crippen LogP contribution in [0.1, 0.15) is 61.3 Å². The smallest absolute Gasteiger partial charge is 0.0352 e. The predicted octanol–water partition coefficient (Wildman–Crippen LogP) is 5.48. The fourth-order valence-corrected chi connectivity index (χ4v) is 4.64. The van der Waals surface area contributed by atoms with Gasteiger partial charge in [0.15, 0.2) is 0 Å². The van der Waals surface area contributed by atoms with Crippen LogP contribution < -0.4 is 0 Å². The van der Waals surface area contributed by atoms with Crippen molar-refractivity contribution in [2.24, 2.45) is 53.3 Å². The molecule has 0 amide bonds. The second-order valence-corrected chi connectivity index (χ2v) is 8.12. The monoisotopic (exact) mass is 250 g/mol. The zero-order valence-corrected chi connectivity index (χ0v) is 13.6. The second kappa shape index (κ2) is 5.17. The van der Waals surface area contributed by atoms with Crippen molar-refractivity contribution in [1.82, 2.24) is 0 Å². The Hall–Kier alpha value is 0. The molecule has 0 aromatic rings. The van der Waals surface area contributed by atoms with Crippen LogP contribution in [0.15, 0.2) is 0 Å². The number of hydrogen-bond acceptors (Lipinski definition) is 0. The molecule has 8 atom stereocenters. The van der Waals surface area contributed by atoms with E-state index in [-0.39, 0.29) is 0 Å². The second-order valence-electron chi connectivity index (χ2n) is 8.12. The Kier molecular flexibility index (Phi) is 4.14. The van der Waals surface area contributed by atoms with Crippen molar-refractivity contribution in [3.05, 3.63) is 0 Å². The van der Waals surface area contributed by atoms with Gasteiger partial charge in [0.1, 0.15) is 0 Å². The molecule has 0 N–H and O–H groups in total. The molecule has 0 saturated heterocycles. The van der Waals surface area contributed by atoms with Crippen LogP contribution in [0.2, 0.25) is 0 Å². The average Bonchev–Trinajstić information content (AvgIpc) is 3.12. The summed E-state index contributed by atoms with van der Waals surface area (Å²) in [7, 11) is 0. The van der Waals surface area contributed by atoms with E-state index in [1.807, 2.05) is 0 Å². The van der Waals surface area contributed by atoms with E-state index in [1.54, 1.807) is 0 Å². The Balaban J connectivity index is 1.86. The van der Waals surface area contributed by atoms with E-state index in [9.17, 15) is 0 Å². The summed E-state index contributed by atoms with van der Waals surface area (Å²) in [6.07, 6.45) is 2.99. The van der Waals surface area contributed by atoms with Crippen molar-refractivity contribution in [1.29, 1.82) is 0 Å². The first-order valence-electron chi connectivity index (χ1n) is 8.34. The summed E-state index contributed by atoms with van der Waals surface area (Å²) in [4.78, 5) is 0. The van der Waals surface area contributed by atoms with Crippen LogP contribution in [0.25, 0.3) is 0 Å². The molecule has 8 unspecified atom stereocenters. The van der Waals surface area contributed by atoms with E-state index in [0.29, 0.717) is 0 Å². The van der Waals surface area contributed by atoms with Crippen molar-refractivity contribution < 1.29 is 0 Å². The molecule has 2 fully saturated rings. The fourth-order valence-electron chi connectivity index (χ4n) is 4.64. The van der Waals surface area contributed by atoms with Crippen LogP contribution in [0.4, 0.5) is 0 Å². The Labute approximate surface area is 115 Å². The number of rotatable bonds is 5. The van der Waals surface area contributed by atoms with Gasteiger partial charge in [0.25, 0.3) is 0 Å². The lowest BCUT2D eigenvalue weighted by atomic mass is 9.58. The third-order valence-electron chi connectivity index (χ3n) is 6.97.